The lowest BCUT2D eigenvalue weighted by atomic mass is 9.97. The van der Waals surface area contributed by atoms with Crippen molar-refractivity contribution in [1.29, 1.82) is 0 Å². The molecule has 0 N–H and O–H groups in total. The third kappa shape index (κ3) is 11.0. The Kier molecular flexibility index (Phi) is 14.6. The lowest BCUT2D eigenvalue weighted by molar-refractivity contribution is 0.0741. The summed E-state index contributed by atoms with van der Waals surface area (Å²) in [5, 5.41) is 0. The number of ether oxygens (including phenoxy) is 2. The van der Waals surface area contributed by atoms with Crippen LogP contribution in [0.25, 0.3) is 11.1 Å². The Morgan fingerprint density at radius 2 is 0.836 bits per heavy atom. The van der Waals surface area contributed by atoms with Crippen molar-refractivity contribution in [2.24, 2.45) is 0 Å². The van der Waals surface area contributed by atoms with Crippen molar-refractivity contribution in [3.8, 4) is 28.4 Å². The smallest absolute Gasteiger partial charge is 0.206 e. The number of hydrogen-bond donors (Lipinski definition) is 0. The van der Waals surface area contributed by atoms with Crippen LogP contribution in [0, 0.1) is 0 Å². The van der Waals surface area contributed by atoms with Crippen LogP contribution in [0.4, 0.5) is 34.1 Å². The van der Waals surface area contributed by atoms with E-state index in [1.54, 1.807) is 36.4 Å². The van der Waals surface area contributed by atoms with Gasteiger partial charge in [0.1, 0.15) is 22.8 Å². The molecule has 6 nitrogen and oxygen atoms in total. The number of anilines is 6. The molecule has 0 bridgehead atoms. The Morgan fingerprint density at radius 3 is 1.24 bits per heavy atom. The van der Waals surface area contributed by atoms with Crippen LogP contribution >= 0.6 is 0 Å². The van der Waals surface area contributed by atoms with Crippen molar-refractivity contribution in [2.45, 2.75) is 88.0 Å². The molecule has 340 valence electrons. The van der Waals surface area contributed by atoms with Crippen molar-refractivity contribution in [3.05, 3.63) is 212 Å². The van der Waals surface area contributed by atoms with Crippen LogP contribution in [0.3, 0.4) is 0 Å². The van der Waals surface area contributed by atoms with Gasteiger partial charge in [-0.3, -0.25) is 0 Å². The monoisotopic (exact) mass is 904 g/mol. The zero-order chi connectivity index (χ0) is 46.8. The molecule has 8 aromatic rings. The van der Waals surface area contributed by atoms with Gasteiger partial charge in [-0.15, -0.1) is 0 Å². The van der Waals surface area contributed by atoms with Crippen molar-refractivity contribution >= 4 is 44.0 Å². The van der Waals surface area contributed by atoms with Gasteiger partial charge >= 0.3 is 0 Å². The summed E-state index contributed by atoms with van der Waals surface area (Å²) in [6.07, 6.45) is 5.19. The van der Waals surface area contributed by atoms with E-state index in [2.05, 4.69) is 154 Å². The van der Waals surface area contributed by atoms with E-state index < -0.39 is 9.84 Å². The zero-order valence-electron chi connectivity index (χ0n) is 39.2. The molecule has 0 aromatic heterocycles. The zero-order valence-corrected chi connectivity index (χ0v) is 40.0. The average Bonchev–Trinajstić information content (AvgIpc) is 3.37. The highest BCUT2D eigenvalue weighted by Crippen LogP contribution is 2.40. The topological polar surface area (TPSA) is 59.1 Å². The van der Waals surface area contributed by atoms with Gasteiger partial charge in [-0.05, 0) is 182 Å². The molecule has 2 atom stereocenters. The molecule has 0 aliphatic heterocycles. The second-order valence-electron chi connectivity index (χ2n) is 17.4. The summed E-state index contributed by atoms with van der Waals surface area (Å²) in [7, 11) is -3.67. The minimum atomic E-state index is -3.67. The molecule has 0 saturated heterocycles. The quantitative estimate of drug-likeness (QED) is 0.0806. The van der Waals surface area contributed by atoms with Crippen molar-refractivity contribution in [2.75, 3.05) is 9.80 Å². The Hall–Kier alpha value is -7.09. The van der Waals surface area contributed by atoms with Gasteiger partial charge in [0, 0.05) is 34.1 Å². The molecule has 8 aromatic carbocycles. The van der Waals surface area contributed by atoms with Crippen LogP contribution in [-0.2, 0) is 9.84 Å². The predicted molar refractivity (Wildman–Crippen MR) is 277 cm³/mol. The SMILES string of the molecule is CCCC(C)c1ccc(S(=O)(=O)c2ccc(Oc3ccc(N(c4ccccc4)c4ccc(-c5ccc(N(c6ccccc6)c6ccc(OC(C)(CC)CCC)cc6)cc5)cc4)cc3)cc2)cc1. The van der Waals surface area contributed by atoms with Crippen LogP contribution in [0.15, 0.2) is 216 Å². The van der Waals surface area contributed by atoms with Gasteiger partial charge in [0.05, 0.1) is 9.79 Å². The van der Waals surface area contributed by atoms with Crippen LogP contribution < -0.4 is 19.3 Å². The lowest BCUT2D eigenvalue weighted by Crippen LogP contribution is -2.31. The standard InChI is InChI=1S/C60H60N2O4S/c1-6-15-45(4)46-24-40-58(41-25-46)67(63,64)59-42-38-56(39-43-59)65-55-34-30-53(31-35-55)61(49-16-11-9-12-17-49)51-26-20-47(21-27-51)48-22-28-52(29-23-48)62(50-18-13-10-14-19-50)54-32-36-57(37-33-54)66-60(5,8-3)44-7-2/h9-14,16-43,45H,6-8,15,44H2,1-5H3. The number of hydrogen-bond acceptors (Lipinski definition) is 6. The number of para-hydroxylation sites is 2. The number of sulfone groups is 1. The first-order chi connectivity index (χ1) is 32.6. The molecule has 0 spiro atoms. The molecular formula is C60H60N2O4S. The maximum Gasteiger partial charge on any atom is 0.206 e. The summed E-state index contributed by atoms with van der Waals surface area (Å²) in [4.78, 5) is 5.00. The van der Waals surface area contributed by atoms with Gasteiger partial charge in [0.2, 0.25) is 9.84 Å². The molecule has 0 aliphatic rings. The van der Waals surface area contributed by atoms with Gasteiger partial charge in [0.25, 0.3) is 0 Å². The number of benzene rings is 8. The lowest BCUT2D eigenvalue weighted by Gasteiger charge is -2.30. The molecule has 0 amide bonds. The predicted octanol–water partition coefficient (Wildman–Crippen LogP) is 17.2. The second kappa shape index (κ2) is 21.0. The normalized spacial score (nSPS) is 12.7. The van der Waals surface area contributed by atoms with E-state index >= 15 is 0 Å². The summed E-state index contributed by atoms with van der Waals surface area (Å²) in [5.41, 5.74) is 9.40. The van der Waals surface area contributed by atoms with Gasteiger partial charge < -0.3 is 19.3 Å². The molecule has 8 rings (SSSR count). The largest absolute Gasteiger partial charge is 0.488 e. The first-order valence-corrected chi connectivity index (χ1v) is 25.0. The fourth-order valence-electron chi connectivity index (χ4n) is 8.63. The molecular weight excluding hydrogens is 845 g/mol. The van der Waals surface area contributed by atoms with E-state index in [1.165, 1.54) is 0 Å². The Bertz CT molecular complexity index is 2910. The summed E-state index contributed by atoms with van der Waals surface area (Å²) < 4.78 is 39.6. The van der Waals surface area contributed by atoms with Gasteiger partial charge in [-0.25, -0.2) is 8.42 Å². The van der Waals surface area contributed by atoms with Crippen LogP contribution in [0.1, 0.15) is 78.2 Å². The summed E-state index contributed by atoms with van der Waals surface area (Å²) >= 11 is 0. The van der Waals surface area contributed by atoms with Crippen LogP contribution in [0.5, 0.6) is 17.2 Å². The van der Waals surface area contributed by atoms with E-state index in [4.69, 9.17) is 9.47 Å². The van der Waals surface area contributed by atoms with E-state index in [1.807, 2.05) is 60.7 Å². The number of nitrogens with zero attached hydrogens (tertiary/aromatic N) is 2. The third-order valence-electron chi connectivity index (χ3n) is 12.5. The molecule has 0 fully saturated rings. The first kappa shape index (κ1) is 46.4. The molecule has 0 radical (unpaired) electrons. The van der Waals surface area contributed by atoms with Crippen molar-refractivity contribution < 1.29 is 17.9 Å². The molecule has 0 saturated carbocycles. The minimum absolute atomic E-state index is 0.181. The van der Waals surface area contributed by atoms with Gasteiger partial charge in [-0.2, -0.15) is 0 Å². The molecule has 2 unspecified atom stereocenters. The second-order valence-corrected chi connectivity index (χ2v) is 19.4. The summed E-state index contributed by atoms with van der Waals surface area (Å²) in [6, 6.07) is 68.4. The van der Waals surface area contributed by atoms with E-state index in [0.29, 0.717) is 17.4 Å². The molecule has 0 heterocycles. The molecule has 7 heteroatoms. The maximum absolute atomic E-state index is 13.5. The van der Waals surface area contributed by atoms with E-state index in [-0.39, 0.29) is 15.4 Å². The van der Waals surface area contributed by atoms with Crippen LogP contribution in [0.2, 0.25) is 0 Å². The van der Waals surface area contributed by atoms with Crippen molar-refractivity contribution in [3.63, 3.8) is 0 Å². The Balaban J connectivity index is 0.976. The highest BCUT2D eigenvalue weighted by Gasteiger charge is 2.24. The highest BCUT2D eigenvalue weighted by molar-refractivity contribution is 7.91. The van der Waals surface area contributed by atoms with Crippen LogP contribution in [-0.4, -0.2) is 14.0 Å². The molecule has 67 heavy (non-hydrogen) atoms. The Morgan fingerprint density at radius 1 is 0.463 bits per heavy atom. The number of rotatable bonds is 19. The summed E-state index contributed by atoms with van der Waals surface area (Å²) in [5.74, 6) is 2.46. The highest BCUT2D eigenvalue weighted by atomic mass is 32.2. The first-order valence-electron chi connectivity index (χ1n) is 23.5. The van der Waals surface area contributed by atoms with E-state index in [9.17, 15) is 8.42 Å². The van der Waals surface area contributed by atoms with E-state index in [0.717, 1.165) is 88.7 Å². The van der Waals surface area contributed by atoms with Gasteiger partial charge in [-0.1, -0.05) is 113 Å². The fraction of sp³-hybridized carbons (Fsp3) is 0.200. The van der Waals surface area contributed by atoms with Crippen molar-refractivity contribution in [1.82, 2.24) is 0 Å². The molecule has 0 aliphatic carbocycles. The summed E-state index contributed by atoms with van der Waals surface area (Å²) in [6.45, 7) is 10.9. The minimum Gasteiger partial charge on any atom is -0.488 e. The Labute approximate surface area is 398 Å². The fourth-order valence-corrected chi connectivity index (χ4v) is 9.89. The van der Waals surface area contributed by atoms with Gasteiger partial charge in [0.15, 0.2) is 0 Å². The third-order valence-corrected chi connectivity index (χ3v) is 14.3. The maximum atomic E-state index is 13.5. The average molecular weight is 905 g/mol.